The fraction of sp³-hybridized carbons (Fsp3) is 0.273. The van der Waals surface area contributed by atoms with Crippen molar-refractivity contribution in [1.29, 1.82) is 0 Å². The normalized spacial score (nSPS) is 12.7. The van der Waals surface area contributed by atoms with Crippen LogP contribution in [0.4, 0.5) is 8.78 Å². The van der Waals surface area contributed by atoms with Crippen molar-refractivity contribution < 1.29 is 8.78 Å². The van der Waals surface area contributed by atoms with Crippen LogP contribution in [-0.4, -0.2) is 14.8 Å². The summed E-state index contributed by atoms with van der Waals surface area (Å²) in [5, 5.41) is 5.98. The molecule has 96 valence electrons. The van der Waals surface area contributed by atoms with E-state index in [2.05, 4.69) is 10.2 Å². The zero-order chi connectivity index (χ0) is 13.3. The van der Waals surface area contributed by atoms with Crippen LogP contribution >= 0.6 is 0 Å². The average Bonchev–Trinajstić information content (AvgIpc) is 2.70. The van der Waals surface area contributed by atoms with E-state index in [1.807, 2.05) is 6.92 Å². The van der Waals surface area contributed by atoms with Gasteiger partial charge in [-0.25, -0.2) is 23.2 Å². The Bertz CT molecular complexity index is 620. The number of hydrogen-bond acceptors (Lipinski definition) is 3. The van der Waals surface area contributed by atoms with Gasteiger partial charge in [0.2, 0.25) is 0 Å². The lowest BCUT2D eigenvalue weighted by atomic mass is 10.2. The number of aromatic nitrogens is 3. The van der Waals surface area contributed by atoms with Crippen LogP contribution in [0.25, 0.3) is 5.69 Å². The van der Waals surface area contributed by atoms with Crippen LogP contribution in [0.5, 0.6) is 0 Å². The van der Waals surface area contributed by atoms with Gasteiger partial charge in [-0.3, -0.25) is 0 Å². The third-order valence-corrected chi connectivity index (χ3v) is 2.62. The minimum atomic E-state index is -0.844. The first-order valence-electron chi connectivity index (χ1n) is 5.43. The number of benzene rings is 1. The van der Waals surface area contributed by atoms with Gasteiger partial charge >= 0.3 is 5.69 Å². The fourth-order valence-corrected chi connectivity index (χ4v) is 1.64. The Labute approximate surface area is 101 Å². The highest BCUT2D eigenvalue weighted by Gasteiger charge is 2.18. The summed E-state index contributed by atoms with van der Waals surface area (Å²) >= 11 is 0. The molecule has 3 N–H and O–H groups in total. The van der Waals surface area contributed by atoms with Crippen molar-refractivity contribution in [3.63, 3.8) is 0 Å². The van der Waals surface area contributed by atoms with Crippen LogP contribution in [-0.2, 0) is 0 Å². The van der Waals surface area contributed by atoms with Gasteiger partial charge < -0.3 is 5.73 Å². The van der Waals surface area contributed by atoms with E-state index in [0.29, 0.717) is 12.5 Å². The third-order valence-electron chi connectivity index (χ3n) is 2.62. The van der Waals surface area contributed by atoms with Gasteiger partial charge in [0.15, 0.2) is 5.82 Å². The molecule has 7 heteroatoms. The number of hydrogen-bond donors (Lipinski definition) is 2. The number of nitrogens with zero attached hydrogens (tertiary/aromatic N) is 2. The molecule has 1 atom stereocenters. The SMILES string of the molecule is CCC(N)c1n[nH]c(=O)n1-c1ccc(F)cc1F. The standard InChI is InChI=1S/C11H12F2N4O/c1-2-8(14)10-15-16-11(18)17(10)9-4-3-6(12)5-7(9)13/h3-5,8H,2,14H2,1H3,(H,16,18). The summed E-state index contributed by atoms with van der Waals surface area (Å²) in [5.74, 6) is -1.34. The highest BCUT2D eigenvalue weighted by molar-refractivity contribution is 5.35. The Morgan fingerprint density at radius 3 is 2.83 bits per heavy atom. The monoisotopic (exact) mass is 254 g/mol. The Balaban J connectivity index is 2.63. The molecule has 0 bridgehead atoms. The van der Waals surface area contributed by atoms with Crippen LogP contribution in [0.3, 0.4) is 0 Å². The molecule has 0 spiro atoms. The maximum atomic E-state index is 13.7. The molecule has 5 nitrogen and oxygen atoms in total. The second kappa shape index (κ2) is 4.69. The molecule has 0 saturated carbocycles. The Kier molecular flexibility index (Phi) is 3.24. The van der Waals surface area contributed by atoms with Gasteiger partial charge in [0.1, 0.15) is 11.6 Å². The van der Waals surface area contributed by atoms with E-state index in [-0.39, 0.29) is 11.5 Å². The molecule has 0 saturated heterocycles. The zero-order valence-corrected chi connectivity index (χ0v) is 9.65. The first-order valence-corrected chi connectivity index (χ1v) is 5.43. The van der Waals surface area contributed by atoms with Crippen LogP contribution in [0.15, 0.2) is 23.0 Å². The first kappa shape index (κ1) is 12.4. The summed E-state index contributed by atoms with van der Waals surface area (Å²) < 4.78 is 27.5. The van der Waals surface area contributed by atoms with E-state index in [1.165, 1.54) is 6.07 Å². The summed E-state index contributed by atoms with van der Waals surface area (Å²) in [6.45, 7) is 1.81. The van der Waals surface area contributed by atoms with Crippen LogP contribution in [0.2, 0.25) is 0 Å². The molecular weight excluding hydrogens is 242 g/mol. The number of nitrogens with two attached hydrogens (primary N) is 1. The second-order valence-electron chi connectivity index (χ2n) is 3.83. The number of H-pyrrole nitrogens is 1. The van der Waals surface area contributed by atoms with Crippen molar-refractivity contribution in [2.45, 2.75) is 19.4 Å². The molecule has 1 aromatic carbocycles. The molecular formula is C11H12F2N4O. The largest absolute Gasteiger partial charge is 0.348 e. The average molecular weight is 254 g/mol. The lowest BCUT2D eigenvalue weighted by molar-refractivity contribution is 0.568. The van der Waals surface area contributed by atoms with Crippen LogP contribution in [0.1, 0.15) is 25.2 Å². The number of nitrogens with one attached hydrogen (secondary N) is 1. The molecule has 0 fully saturated rings. The van der Waals surface area contributed by atoms with Crippen molar-refractivity contribution in [3.8, 4) is 5.69 Å². The van der Waals surface area contributed by atoms with Gasteiger partial charge in [0.05, 0.1) is 11.7 Å². The van der Waals surface area contributed by atoms with Gasteiger partial charge in [-0.2, -0.15) is 5.10 Å². The van der Waals surface area contributed by atoms with Crippen molar-refractivity contribution >= 4 is 0 Å². The van der Waals surface area contributed by atoms with Gasteiger partial charge in [-0.1, -0.05) is 6.92 Å². The zero-order valence-electron chi connectivity index (χ0n) is 9.65. The third kappa shape index (κ3) is 2.04. The maximum absolute atomic E-state index is 13.7. The van der Waals surface area contributed by atoms with E-state index < -0.39 is 23.4 Å². The molecule has 1 aromatic heterocycles. The molecule has 0 aliphatic carbocycles. The topological polar surface area (TPSA) is 76.7 Å². The molecule has 18 heavy (non-hydrogen) atoms. The van der Waals surface area contributed by atoms with E-state index >= 15 is 0 Å². The van der Waals surface area contributed by atoms with E-state index in [4.69, 9.17) is 5.73 Å². The highest BCUT2D eigenvalue weighted by Crippen LogP contribution is 2.17. The fourth-order valence-electron chi connectivity index (χ4n) is 1.64. The lowest BCUT2D eigenvalue weighted by Gasteiger charge is -2.10. The van der Waals surface area contributed by atoms with Gasteiger partial charge in [-0.15, -0.1) is 0 Å². The molecule has 0 amide bonds. The number of rotatable bonds is 3. The molecule has 0 radical (unpaired) electrons. The quantitative estimate of drug-likeness (QED) is 0.865. The number of halogens is 2. The predicted octanol–water partition coefficient (Wildman–Crippen LogP) is 1.25. The Hall–Kier alpha value is -2.02. The van der Waals surface area contributed by atoms with Crippen molar-refractivity contribution in [1.82, 2.24) is 14.8 Å². The number of aromatic amines is 1. The Morgan fingerprint density at radius 2 is 2.22 bits per heavy atom. The van der Waals surface area contributed by atoms with E-state index in [9.17, 15) is 13.6 Å². The minimum absolute atomic E-state index is 0.0750. The van der Waals surface area contributed by atoms with Crippen molar-refractivity contribution in [3.05, 3.63) is 46.1 Å². The van der Waals surface area contributed by atoms with Crippen LogP contribution < -0.4 is 11.4 Å². The minimum Gasteiger partial charge on any atom is -0.321 e. The maximum Gasteiger partial charge on any atom is 0.348 e. The second-order valence-corrected chi connectivity index (χ2v) is 3.83. The predicted molar refractivity (Wildman–Crippen MR) is 61.3 cm³/mol. The molecule has 1 unspecified atom stereocenters. The molecule has 1 heterocycles. The highest BCUT2D eigenvalue weighted by atomic mass is 19.1. The molecule has 2 aromatic rings. The molecule has 0 aliphatic rings. The lowest BCUT2D eigenvalue weighted by Crippen LogP contribution is -2.22. The van der Waals surface area contributed by atoms with Gasteiger partial charge in [0, 0.05) is 6.07 Å². The van der Waals surface area contributed by atoms with Crippen LogP contribution in [0, 0.1) is 11.6 Å². The smallest absolute Gasteiger partial charge is 0.321 e. The van der Waals surface area contributed by atoms with Gasteiger partial charge in [0.25, 0.3) is 0 Å². The summed E-state index contributed by atoms with van der Waals surface area (Å²) in [4.78, 5) is 11.6. The van der Waals surface area contributed by atoms with E-state index in [1.54, 1.807) is 0 Å². The summed E-state index contributed by atoms with van der Waals surface area (Å²) in [6.07, 6.45) is 0.535. The molecule has 2 rings (SSSR count). The first-order chi connectivity index (χ1) is 8.54. The summed E-state index contributed by atoms with van der Waals surface area (Å²) in [5.41, 5.74) is 5.10. The van der Waals surface area contributed by atoms with Crippen molar-refractivity contribution in [2.75, 3.05) is 0 Å². The van der Waals surface area contributed by atoms with Crippen molar-refractivity contribution in [2.24, 2.45) is 5.73 Å². The van der Waals surface area contributed by atoms with Gasteiger partial charge in [-0.05, 0) is 18.6 Å². The Morgan fingerprint density at radius 1 is 1.50 bits per heavy atom. The molecule has 0 aliphatic heterocycles. The summed E-state index contributed by atoms with van der Waals surface area (Å²) in [7, 11) is 0. The summed E-state index contributed by atoms with van der Waals surface area (Å²) in [6, 6.07) is 2.44. The van der Waals surface area contributed by atoms with E-state index in [0.717, 1.165) is 10.6 Å².